The largest absolute Gasteiger partial charge is 0.370 e. The van der Waals surface area contributed by atoms with E-state index in [1.165, 1.54) is 12.8 Å². The number of hydrogen-bond donors (Lipinski definition) is 1. The first-order valence-electron chi connectivity index (χ1n) is 7.54. The second-order valence-electron chi connectivity index (χ2n) is 5.65. The monoisotopic (exact) mass is 265 g/mol. The summed E-state index contributed by atoms with van der Waals surface area (Å²) in [6, 6.07) is 0.498. The maximum Gasteiger partial charge on any atom is 0.228 e. The number of hydrogen-bond acceptors (Lipinski definition) is 5. The zero-order valence-corrected chi connectivity index (χ0v) is 11.6. The molecular weight excluding hydrogens is 242 g/mol. The van der Waals surface area contributed by atoms with E-state index in [0.29, 0.717) is 6.04 Å². The summed E-state index contributed by atoms with van der Waals surface area (Å²) in [6.07, 6.45) is 6.83. The van der Waals surface area contributed by atoms with Gasteiger partial charge in [-0.2, -0.15) is 4.98 Å². The van der Waals surface area contributed by atoms with Crippen molar-refractivity contribution in [2.24, 2.45) is 5.92 Å². The van der Waals surface area contributed by atoms with Crippen molar-refractivity contribution in [3.8, 4) is 0 Å². The topological polar surface area (TPSA) is 60.2 Å². The fourth-order valence-corrected chi connectivity index (χ4v) is 2.68. The molecule has 0 bridgehead atoms. The van der Waals surface area contributed by atoms with Gasteiger partial charge in [-0.1, -0.05) is 12.1 Å². The maximum atomic E-state index is 5.58. The SMILES string of the molecule is CCCNC(Cc1nc(C2CCCO2)no1)C1CC1. The molecule has 0 spiro atoms. The minimum absolute atomic E-state index is 0.0560. The Balaban J connectivity index is 1.58. The van der Waals surface area contributed by atoms with E-state index in [1.807, 2.05) is 0 Å². The van der Waals surface area contributed by atoms with Gasteiger partial charge >= 0.3 is 0 Å². The number of nitrogens with one attached hydrogen (secondary N) is 1. The van der Waals surface area contributed by atoms with Gasteiger partial charge in [0.15, 0.2) is 0 Å². The molecule has 3 rings (SSSR count). The van der Waals surface area contributed by atoms with Crippen molar-refractivity contribution in [1.29, 1.82) is 0 Å². The number of aromatic nitrogens is 2. The van der Waals surface area contributed by atoms with Crippen LogP contribution in [0.3, 0.4) is 0 Å². The predicted octanol–water partition coefficient (Wildman–Crippen LogP) is 2.24. The Hall–Kier alpha value is -0.940. The van der Waals surface area contributed by atoms with E-state index in [9.17, 15) is 0 Å². The van der Waals surface area contributed by atoms with Crippen LogP contribution in [0.1, 0.15) is 56.8 Å². The lowest BCUT2D eigenvalue weighted by molar-refractivity contribution is 0.103. The van der Waals surface area contributed by atoms with Crippen LogP contribution in [0, 0.1) is 5.92 Å². The molecule has 2 heterocycles. The smallest absolute Gasteiger partial charge is 0.228 e. The maximum absolute atomic E-state index is 5.58. The quantitative estimate of drug-likeness (QED) is 0.819. The van der Waals surface area contributed by atoms with Gasteiger partial charge in [-0.25, -0.2) is 0 Å². The molecule has 2 fully saturated rings. The molecule has 5 nitrogen and oxygen atoms in total. The average molecular weight is 265 g/mol. The van der Waals surface area contributed by atoms with Gasteiger partial charge in [0.25, 0.3) is 0 Å². The zero-order valence-electron chi connectivity index (χ0n) is 11.6. The fraction of sp³-hybridized carbons (Fsp3) is 0.857. The van der Waals surface area contributed by atoms with Gasteiger partial charge < -0.3 is 14.6 Å². The minimum atomic E-state index is 0.0560. The normalized spacial score (nSPS) is 24.8. The fourth-order valence-electron chi connectivity index (χ4n) is 2.68. The molecule has 1 aromatic heterocycles. The highest BCUT2D eigenvalue weighted by Crippen LogP contribution is 2.34. The Kier molecular flexibility index (Phi) is 4.13. The molecule has 0 radical (unpaired) electrons. The second-order valence-corrected chi connectivity index (χ2v) is 5.65. The van der Waals surface area contributed by atoms with Crippen molar-refractivity contribution in [2.75, 3.05) is 13.2 Å². The second kappa shape index (κ2) is 6.01. The van der Waals surface area contributed by atoms with Crippen molar-refractivity contribution in [3.63, 3.8) is 0 Å². The Bertz CT molecular complexity index is 397. The van der Waals surface area contributed by atoms with Crippen LogP contribution in [0.2, 0.25) is 0 Å². The third kappa shape index (κ3) is 3.34. The molecule has 106 valence electrons. The number of nitrogens with zero attached hydrogens (tertiary/aromatic N) is 2. The number of rotatable bonds is 7. The van der Waals surface area contributed by atoms with Crippen LogP contribution in [-0.4, -0.2) is 29.3 Å². The standard InChI is InChI=1S/C14H23N3O2/c1-2-7-15-11(10-5-6-10)9-13-16-14(17-19-13)12-4-3-8-18-12/h10-12,15H,2-9H2,1H3. The van der Waals surface area contributed by atoms with Crippen LogP contribution in [0.4, 0.5) is 0 Å². The average Bonchev–Trinajstić information content (AvgIpc) is 2.93. The van der Waals surface area contributed by atoms with Crippen molar-refractivity contribution >= 4 is 0 Å². The summed E-state index contributed by atoms with van der Waals surface area (Å²) in [5, 5.41) is 7.67. The minimum Gasteiger partial charge on any atom is -0.370 e. The molecule has 0 amide bonds. The Morgan fingerprint density at radius 1 is 1.37 bits per heavy atom. The van der Waals surface area contributed by atoms with Crippen molar-refractivity contribution in [3.05, 3.63) is 11.7 Å². The lowest BCUT2D eigenvalue weighted by Gasteiger charge is -2.15. The highest BCUT2D eigenvalue weighted by molar-refractivity contribution is 4.97. The van der Waals surface area contributed by atoms with Crippen LogP contribution in [-0.2, 0) is 11.2 Å². The highest BCUT2D eigenvalue weighted by Gasteiger charge is 2.32. The summed E-state index contributed by atoms with van der Waals surface area (Å²) in [5.41, 5.74) is 0. The van der Waals surface area contributed by atoms with Gasteiger partial charge in [0.05, 0.1) is 0 Å². The zero-order chi connectivity index (χ0) is 13.1. The van der Waals surface area contributed by atoms with Gasteiger partial charge in [-0.3, -0.25) is 0 Å². The van der Waals surface area contributed by atoms with Crippen LogP contribution in [0.15, 0.2) is 4.52 Å². The van der Waals surface area contributed by atoms with Crippen LogP contribution < -0.4 is 5.32 Å². The van der Waals surface area contributed by atoms with Crippen LogP contribution in [0.5, 0.6) is 0 Å². The molecule has 2 atom stereocenters. The van der Waals surface area contributed by atoms with Crippen molar-refractivity contribution < 1.29 is 9.26 Å². The summed E-state index contributed by atoms with van der Waals surface area (Å²) in [6.45, 7) is 4.07. The van der Waals surface area contributed by atoms with E-state index in [-0.39, 0.29) is 6.10 Å². The van der Waals surface area contributed by atoms with Gasteiger partial charge in [0.1, 0.15) is 6.10 Å². The van der Waals surface area contributed by atoms with Crippen LogP contribution >= 0.6 is 0 Å². The summed E-state index contributed by atoms with van der Waals surface area (Å²) in [7, 11) is 0. The van der Waals surface area contributed by atoms with Crippen molar-refractivity contribution in [1.82, 2.24) is 15.5 Å². The van der Waals surface area contributed by atoms with Gasteiger partial charge in [-0.05, 0) is 44.6 Å². The van der Waals surface area contributed by atoms with E-state index < -0.39 is 0 Å². The first kappa shape index (κ1) is 13.1. The Labute approximate surface area is 114 Å². The first-order valence-corrected chi connectivity index (χ1v) is 7.54. The summed E-state index contributed by atoms with van der Waals surface area (Å²) < 4.78 is 11.0. The van der Waals surface area contributed by atoms with E-state index in [1.54, 1.807) is 0 Å². The molecule has 1 saturated heterocycles. The summed E-state index contributed by atoms with van der Waals surface area (Å²) >= 11 is 0. The number of ether oxygens (including phenoxy) is 1. The molecule has 2 aliphatic rings. The molecule has 1 aromatic rings. The Morgan fingerprint density at radius 2 is 2.26 bits per heavy atom. The van der Waals surface area contributed by atoms with Crippen LogP contribution in [0.25, 0.3) is 0 Å². The van der Waals surface area contributed by atoms with Crippen molar-refractivity contribution in [2.45, 2.75) is 57.6 Å². The summed E-state index contributed by atoms with van der Waals surface area (Å²) in [5.74, 6) is 2.29. The van der Waals surface area contributed by atoms with E-state index in [2.05, 4.69) is 22.4 Å². The lowest BCUT2D eigenvalue weighted by Crippen LogP contribution is -2.33. The molecule has 2 unspecified atom stereocenters. The van der Waals surface area contributed by atoms with E-state index in [0.717, 1.165) is 56.5 Å². The first-order chi connectivity index (χ1) is 9.36. The van der Waals surface area contributed by atoms with E-state index in [4.69, 9.17) is 9.26 Å². The molecule has 1 aliphatic carbocycles. The highest BCUT2D eigenvalue weighted by atomic mass is 16.5. The molecule has 1 N–H and O–H groups in total. The molecule has 0 aromatic carbocycles. The molecule has 5 heteroatoms. The van der Waals surface area contributed by atoms with Gasteiger partial charge in [-0.15, -0.1) is 0 Å². The molecule has 1 saturated carbocycles. The lowest BCUT2D eigenvalue weighted by atomic mass is 10.1. The molecule has 1 aliphatic heterocycles. The van der Waals surface area contributed by atoms with E-state index >= 15 is 0 Å². The third-order valence-electron chi connectivity index (χ3n) is 3.94. The molecular formula is C14H23N3O2. The third-order valence-corrected chi connectivity index (χ3v) is 3.94. The van der Waals surface area contributed by atoms with Gasteiger partial charge in [0.2, 0.25) is 11.7 Å². The molecule has 19 heavy (non-hydrogen) atoms. The van der Waals surface area contributed by atoms with Gasteiger partial charge in [0, 0.05) is 19.1 Å². The Morgan fingerprint density at radius 3 is 2.95 bits per heavy atom. The summed E-state index contributed by atoms with van der Waals surface area (Å²) in [4.78, 5) is 4.51. The predicted molar refractivity (Wildman–Crippen MR) is 70.7 cm³/mol.